The van der Waals surface area contributed by atoms with E-state index < -0.39 is 43.4 Å². The SMILES string of the molecule is CC(c1ccccc1OCCCN(C)S(=O)(=O)c1ccccc1Cl)N(c1cc(F)ccc1F)S(=O)(=O)c1ccc(Cl)cc1. The van der Waals surface area contributed by atoms with Crippen LogP contribution in [0.25, 0.3) is 0 Å². The highest BCUT2D eigenvalue weighted by molar-refractivity contribution is 7.92. The predicted octanol–water partition coefficient (Wildman–Crippen LogP) is 7.32. The molecule has 13 heteroatoms. The summed E-state index contributed by atoms with van der Waals surface area (Å²) in [7, 11) is -6.83. The lowest BCUT2D eigenvalue weighted by molar-refractivity contribution is 0.292. The Kier molecular flexibility index (Phi) is 10.3. The van der Waals surface area contributed by atoms with Gasteiger partial charge in [-0.2, -0.15) is 0 Å². The molecule has 0 amide bonds. The smallest absolute Gasteiger partial charge is 0.264 e. The Morgan fingerprint density at radius 3 is 2.19 bits per heavy atom. The number of nitrogens with zero attached hydrogens (tertiary/aromatic N) is 2. The number of rotatable bonds is 12. The molecule has 0 aromatic heterocycles. The van der Waals surface area contributed by atoms with Crippen LogP contribution in [0, 0.1) is 11.6 Å². The minimum absolute atomic E-state index is 0.00850. The molecule has 0 radical (unpaired) electrons. The maximum Gasteiger partial charge on any atom is 0.264 e. The summed E-state index contributed by atoms with van der Waals surface area (Å²) in [5.74, 6) is -1.47. The van der Waals surface area contributed by atoms with Crippen molar-refractivity contribution in [2.45, 2.75) is 29.2 Å². The number of anilines is 1. The second-order valence-electron chi connectivity index (χ2n) is 9.52. The van der Waals surface area contributed by atoms with E-state index in [1.54, 1.807) is 36.4 Å². The molecule has 0 saturated heterocycles. The van der Waals surface area contributed by atoms with E-state index in [-0.39, 0.29) is 34.4 Å². The van der Waals surface area contributed by atoms with Gasteiger partial charge in [-0.3, -0.25) is 4.31 Å². The Morgan fingerprint density at radius 1 is 0.837 bits per heavy atom. The molecule has 1 atom stereocenters. The highest BCUT2D eigenvalue weighted by atomic mass is 35.5. The van der Waals surface area contributed by atoms with Crippen molar-refractivity contribution in [2.24, 2.45) is 0 Å². The normalized spacial score (nSPS) is 12.7. The number of hydrogen-bond donors (Lipinski definition) is 0. The molecule has 228 valence electrons. The highest BCUT2D eigenvalue weighted by Crippen LogP contribution is 2.38. The Morgan fingerprint density at radius 2 is 1.49 bits per heavy atom. The van der Waals surface area contributed by atoms with Gasteiger partial charge < -0.3 is 4.74 Å². The molecule has 0 fully saturated rings. The number of sulfonamides is 2. The first-order chi connectivity index (χ1) is 20.3. The van der Waals surface area contributed by atoms with Gasteiger partial charge >= 0.3 is 0 Å². The van der Waals surface area contributed by atoms with Crippen molar-refractivity contribution in [3.63, 3.8) is 0 Å². The molecule has 0 aliphatic heterocycles. The molecular formula is C30H28Cl2F2N2O5S2. The zero-order valence-corrected chi connectivity index (χ0v) is 26.3. The molecule has 0 N–H and O–H groups in total. The lowest BCUT2D eigenvalue weighted by atomic mass is 10.1. The Hall–Kier alpha value is -3.22. The zero-order chi connectivity index (χ0) is 31.4. The van der Waals surface area contributed by atoms with E-state index in [0.717, 1.165) is 22.5 Å². The molecule has 4 rings (SSSR count). The standard InChI is InChI=1S/C30H28Cl2F2N2O5S2/c1-21(36(28-20-23(33)14-17-27(28)34)42(37,38)24-15-12-22(31)13-16-24)25-8-3-5-10-29(25)41-19-7-18-35(2)43(39,40)30-11-6-4-9-26(30)32/h3-6,8-17,20-21H,7,18-19H2,1-2H3. The molecule has 0 bridgehead atoms. The van der Waals surface area contributed by atoms with Crippen LogP contribution >= 0.6 is 23.2 Å². The van der Waals surface area contributed by atoms with Crippen molar-refractivity contribution < 1.29 is 30.4 Å². The van der Waals surface area contributed by atoms with Gasteiger partial charge in [-0.25, -0.2) is 29.9 Å². The summed E-state index contributed by atoms with van der Waals surface area (Å²) in [6.45, 7) is 1.71. The van der Waals surface area contributed by atoms with Gasteiger partial charge in [0.25, 0.3) is 10.0 Å². The summed E-state index contributed by atoms with van der Waals surface area (Å²) in [6.07, 6.45) is 0.286. The molecule has 4 aromatic carbocycles. The van der Waals surface area contributed by atoms with Gasteiger partial charge in [-0.05, 0) is 67.9 Å². The third-order valence-electron chi connectivity index (χ3n) is 6.64. The van der Waals surface area contributed by atoms with Gasteiger partial charge in [-0.15, -0.1) is 0 Å². The van der Waals surface area contributed by atoms with E-state index in [1.807, 2.05) is 0 Å². The van der Waals surface area contributed by atoms with Crippen LogP contribution in [0.5, 0.6) is 5.75 Å². The first-order valence-electron chi connectivity index (χ1n) is 13.0. The summed E-state index contributed by atoms with van der Waals surface area (Å²) in [4.78, 5) is -0.181. The van der Waals surface area contributed by atoms with Crippen molar-refractivity contribution >= 4 is 48.9 Å². The molecule has 0 heterocycles. The fourth-order valence-corrected chi connectivity index (χ4v) is 7.88. The van der Waals surface area contributed by atoms with E-state index in [9.17, 15) is 21.2 Å². The van der Waals surface area contributed by atoms with Crippen LogP contribution in [-0.2, 0) is 20.0 Å². The molecule has 7 nitrogen and oxygen atoms in total. The van der Waals surface area contributed by atoms with E-state index in [0.29, 0.717) is 16.3 Å². The molecule has 1 unspecified atom stereocenters. The van der Waals surface area contributed by atoms with Gasteiger partial charge in [0.1, 0.15) is 22.3 Å². The van der Waals surface area contributed by atoms with Crippen molar-refractivity contribution in [3.8, 4) is 5.75 Å². The van der Waals surface area contributed by atoms with E-state index in [2.05, 4.69) is 0 Å². The predicted molar refractivity (Wildman–Crippen MR) is 164 cm³/mol. The lowest BCUT2D eigenvalue weighted by Gasteiger charge is -2.32. The zero-order valence-electron chi connectivity index (χ0n) is 23.1. The minimum Gasteiger partial charge on any atom is -0.493 e. The largest absolute Gasteiger partial charge is 0.493 e. The van der Waals surface area contributed by atoms with Crippen LogP contribution in [0.3, 0.4) is 0 Å². The molecule has 4 aromatic rings. The van der Waals surface area contributed by atoms with Crippen LogP contribution < -0.4 is 9.04 Å². The maximum absolute atomic E-state index is 15.1. The van der Waals surface area contributed by atoms with Gasteiger partial charge in [0, 0.05) is 30.2 Å². The molecular weight excluding hydrogens is 641 g/mol. The quantitative estimate of drug-likeness (QED) is 0.148. The van der Waals surface area contributed by atoms with Crippen LogP contribution in [0.1, 0.15) is 24.9 Å². The third kappa shape index (κ3) is 7.30. The van der Waals surface area contributed by atoms with Crippen LogP contribution in [0.15, 0.2) is 101 Å². The summed E-state index contributed by atoms with van der Waals surface area (Å²) in [6, 6.07) is 19.6. The van der Waals surface area contributed by atoms with Crippen LogP contribution in [0.4, 0.5) is 14.5 Å². The summed E-state index contributed by atoms with van der Waals surface area (Å²) in [5, 5.41) is 0.417. The van der Waals surface area contributed by atoms with E-state index in [4.69, 9.17) is 27.9 Å². The van der Waals surface area contributed by atoms with Crippen molar-refractivity contribution in [3.05, 3.63) is 118 Å². The van der Waals surface area contributed by atoms with Gasteiger partial charge in [0.05, 0.1) is 28.3 Å². The minimum atomic E-state index is -4.43. The second kappa shape index (κ2) is 13.6. The van der Waals surface area contributed by atoms with Gasteiger partial charge in [0.2, 0.25) is 10.0 Å². The van der Waals surface area contributed by atoms with Gasteiger partial charge in [0.15, 0.2) is 0 Å². The van der Waals surface area contributed by atoms with E-state index in [1.165, 1.54) is 54.7 Å². The fraction of sp³-hybridized carbons (Fsp3) is 0.200. The molecule has 0 spiro atoms. The Bertz CT molecular complexity index is 1810. The average molecular weight is 670 g/mol. The Balaban J connectivity index is 1.59. The maximum atomic E-state index is 15.1. The third-order valence-corrected chi connectivity index (χ3v) is 11.1. The summed E-state index contributed by atoms with van der Waals surface area (Å²) in [5.41, 5.74) is -0.107. The molecule has 0 saturated carbocycles. The number of para-hydroxylation sites is 1. The number of halogens is 4. The highest BCUT2D eigenvalue weighted by Gasteiger charge is 2.34. The monoisotopic (exact) mass is 668 g/mol. The Labute approximate surface area is 260 Å². The lowest BCUT2D eigenvalue weighted by Crippen LogP contribution is -2.34. The first-order valence-corrected chi connectivity index (χ1v) is 16.7. The van der Waals surface area contributed by atoms with Crippen LogP contribution in [0.2, 0.25) is 10.0 Å². The number of benzene rings is 4. The first kappa shape index (κ1) is 32.7. The van der Waals surface area contributed by atoms with Crippen LogP contribution in [-0.4, -0.2) is 41.3 Å². The van der Waals surface area contributed by atoms with Crippen molar-refractivity contribution in [2.75, 3.05) is 24.5 Å². The van der Waals surface area contributed by atoms with Crippen molar-refractivity contribution in [1.82, 2.24) is 4.31 Å². The summed E-state index contributed by atoms with van der Waals surface area (Å²) < 4.78 is 90.9. The van der Waals surface area contributed by atoms with Gasteiger partial charge in [-0.1, -0.05) is 53.5 Å². The topological polar surface area (TPSA) is 84.0 Å². The fourth-order valence-electron chi connectivity index (χ4n) is 4.42. The van der Waals surface area contributed by atoms with E-state index >= 15 is 4.39 Å². The molecule has 0 aliphatic rings. The number of ether oxygens (including phenoxy) is 1. The molecule has 43 heavy (non-hydrogen) atoms. The second-order valence-corrected chi connectivity index (χ2v) is 14.2. The molecule has 0 aliphatic carbocycles. The number of hydrogen-bond acceptors (Lipinski definition) is 5. The summed E-state index contributed by atoms with van der Waals surface area (Å²) >= 11 is 12.0. The van der Waals surface area contributed by atoms with Crippen molar-refractivity contribution in [1.29, 1.82) is 0 Å². The average Bonchev–Trinajstić information content (AvgIpc) is 2.97.